The summed E-state index contributed by atoms with van der Waals surface area (Å²) in [4.78, 5) is 76.1. The van der Waals surface area contributed by atoms with Crippen LogP contribution in [0.1, 0.15) is 80.6 Å². The number of halogens is 1. The number of rotatable bonds is 7. The van der Waals surface area contributed by atoms with Gasteiger partial charge in [0.25, 0.3) is 11.8 Å². The largest absolute Gasteiger partial charge is 0.398 e. The van der Waals surface area contributed by atoms with E-state index in [1.54, 1.807) is 29.2 Å². The third-order valence-electron chi connectivity index (χ3n) is 9.65. The van der Waals surface area contributed by atoms with Crippen LogP contribution in [-0.2, 0) is 45.1 Å². The maximum absolute atomic E-state index is 12.8. The van der Waals surface area contributed by atoms with E-state index in [0.717, 1.165) is 27.8 Å². The fraction of sp³-hybridized carbons (Fsp3) is 0.316. The molecule has 0 radical (unpaired) electrons. The Morgan fingerprint density at radius 2 is 1.54 bits per heavy atom. The summed E-state index contributed by atoms with van der Waals surface area (Å²) in [7, 11) is 0. The van der Waals surface area contributed by atoms with Gasteiger partial charge in [-0.05, 0) is 79.1 Å². The van der Waals surface area contributed by atoms with Crippen LogP contribution in [0.25, 0.3) is 0 Å². The molecule has 0 aliphatic carbocycles. The highest BCUT2D eigenvalue weighted by Crippen LogP contribution is 2.32. The van der Waals surface area contributed by atoms with Crippen molar-refractivity contribution in [3.8, 4) is 0 Å². The molecule has 5 amide bonds. The van der Waals surface area contributed by atoms with Gasteiger partial charge >= 0.3 is 0 Å². The van der Waals surface area contributed by atoms with Gasteiger partial charge < -0.3 is 20.9 Å². The monoisotopic (exact) mass is 695 g/mol. The molecule has 0 saturated carbocycles. The number of Topliss-reactive ketones (excluding diaryl/α,β-unsaturated/α-hetero) is 1. The van der Waals surface area contributed by atoms with E-state index in [0.29, 0.717) is 79.1 Å². The van der Waals surface area contributed by atoms with E-state index < -0.39 is 18.0 Å². The van der Waals surface area contributed by atoms with E-state index in [1.807, 2.05) is 37.3 Å². The standard InChI is InChI=1S/C24H23ClN2O4.C14H15N3O2/c1-14-2-3-16(12-20(14)25)11-18(28)6-4-15-5-7-19-17(10-15)13-27(24(19)31)21-8-9-22(29)26-23(21)30;1-8-5-6-12(13(18)16-8)17-7-10-9(14(17)19)3-2-4-11(10)15/h2-3,5,7,10,12,21H,4,6,8-9,11,13H2,1H3,(H,26,29,30);2-4,12H,1,5-7,15H2,(H,16,18). The van der Waals surface area contributed by atoms with Crippen LogP contribution < -0.4 is 16.4 Å². The number of fused-ring (bicyclic) bond motifs is 2. The zero-order chi connectivity index (χ0) is 35.7. The topological polar surface area (TPSA) is 159 Å². The van der Waals surface area contributed by atoms with Crippen molar-refractivity contribution in [3.63, 3.8) is 0 Å². The van der Waals surface area contributed by atoms with Gasteiger partial charge in [-0.1, -0.05) is 48.5 Å². The van der Waals surface area contributed by atoms with Crippen LogP contribution in [0, 0.1) is 6.92 Å². The van der Waals surface area contributed by atoms with Crippen molar-refractivity contribution in [2.24, 2.45) is 0 Å². The summed E-state index contributed by atoms with van der Waals surface area (Å²) in [5, 5.41) is 5.68. The number of nitrogen functional groups attached to an aromatic ring is 1. The lowest BCUT2D eigenvalue weighted by atomic mass is 9.99. The lowest BCUT2D eigenvalue weighted by Crippen LogP contribution is -2.52. The number of piperidine rings is 2. The molecule has 4 aliphatic rings. The number of imide groups is 1. The summed E-state index contributed by atoms with van der Waals surface area (Å²) in [5.41, 5.74) is 12.9. The predicted octanol–water partition coefficient (Wildman–Crippen LogP) is 4.17. The molecule has 2 unspecified atom stereocenters. The minimum atomic E-state index is -0.621. The Labute approximate surface area is 294 Å². The van der Waals surface area contributed by atoms with E-state index in [9.17, 15) is 28.8 Å². The van der Waals surface area contributed by atoms with Crippen molar-refractivity contribution in [1.29, 1.82) is 0 Å². The van der Waals surface area contributed by atoms with Gasteiger partial charge in [-0.3, -0.25) is 34.1 Å². The number of ketones is 1. The number of allylic oxidation sites excluding steroid dienone is 1. The molecule has 11 nitrogen and oxygen atoms in total. The Bertz CT molecular complexity index is 1960. The number of hydrogen-bond acceptors (Lipinski definition) is 7. The highest BCUT2D eigenvalue weighted by atomic mass is 35.5. The van der Waals surface area contributed by atoms with E-state index in [2.05, 4.69) is 17.2 Å². The molecule has 4 N–H and O–H groups in total. The normalized spacial score (nSPS) is 19.8. The van der Waals surface area contributed by atoms with Crippen molar-refractivity contribution < 1.29 is 28.8 Å². The third kappa shape index (κ3) is 7.18. The molecule has 4 aliphatic heterocycles. The summed E-state index contributed by atoms with van der Waals surface area (Å²) in [6.07, 6.45) is 3.21. The number of nitrogens with zero attached hydrogens (tertiary/aromatic N) is 2. The molecule has 3 aromatic carbocycles. The molecule has 0 spiro atoms. The molecule has 4 heterocycles. The first-order valence-electron chi connectivity index (χ1n) is 16.6. The Kier molecular flexibility index (Phi) is 9.88. The van der Waals surface area contributed by atoms with Crippen LogP contribution in [0.5, 0.6) is 0 Å². The Morgan fingerprint density at radius 1 is 0.860 bits per heavy atom. The smallest absolute Gasteiger partial charge is 0.255 e. The molecule has 2 fully saturated rings. The van der Waals surface area contributed by atoms with Gasteiger partial charge in [0.15, 0.2) is 0 Å². The molecule has 50 heavy (non-hydrogen) atoms. The average Bonchev–Trinajstić information content (AvgIpc) is 3.58. The summed E-state index contributed by atoms with van der Waals surface area (Å²) >= 11 is 6.14. The molecular formula is C38H38ClN5O6. The van der Waals surface area contributed by atoms with Gasteiger partial charge in [0.1, 0.15) is 17.9 Å². The quantitative estimate of drug-likeness (QED) is 0.247. The minimum Gasteiger partial charge on any atom is -0.398 e. The molecule has 2 saturated heterocycles. The number of amides is 5. The predicted molar refractivity (Wildman–Crippen MR) is 187 cm³/mol. The van der Waals surface area contributed by atoms with Gasteiger partial charge in [-0.15, -0.1) is 0 Å². The van der Waals surface area contributed by atoms with Crippen molar-refractivity contribution in [2.75, 3.05) is 5.73 Å². The first-order valence-corrected chi connectivity index (χ1v) is 17.0. The van der Waals surface area contributed by atoms with E-state index in [4.69, 9.17) is 17.3 Å². The Balaban J connectivity index is 0.000000194. The Hall–Kier alpha value is -5.29. The zero-order valence-electron chi connectivity index (χ0n) is 27.7. The Morgan fingerprint density at radius 3 is 2.24 bits per heavy atom. The maximum atomic E-state index is 12.8. The second-order valence-electron chi connectivity index (χ2n) is 13.1. The molecule has 3 aromatic rings. The minimum absolute atomic E-state index is 0.116. The number of carbonyl (C=O) groups is 6. The van der Waals surface area contributed by atoms with Crippen LogP contribution in [0.3, 0.4) is 0 Å². The third-order valence-corrected chi connectivity index (χ3v) is 10.1. The van der Waals surface area contributed by atoms with Crippen molar-refractivity contribution in [2.45, 2.75) is 77.0 Å². The molecule has 2 atom stereocenters. The number of benzene rings is 3. The van der Waals surface area contributed by atoms with Crippen LogP contribution in [0.4, 0.5) is 5.69 Å². The van der Waals surface area contributed by atoms with Crippen molar-refractivity contribution in [3.05, 3.63) is 111 Å². The lowest BCUT2D eigenvalue weighted by Gasteiger charge is -2.30. The van der Waals surface area contributed by atoms with Crippen LogP contribution in [-0.4, -0.2) is 57.2 Å². The van der Waals surface area contributed by atoms with Crippen molar-refractivity contribution >= 4 is 52.6 Å². The highest BCUT2D eigenvalue weighted by molar-refractivity contribution is 6.31. The van der Waals surface area contributed by atoms with E-state index in [1.165, 1.54) is 4.90 Å². The number of carbonyl (C=O) groups excluding carboxylic acids is 6. The van der Waals surface area contributed by atoms with Crippen LogP contribution in [0.2, 0.25) is 5.02 Å². The molecule has 7 rings (SSSR count). The second kappa shape index (κ2) is 14.3. The number of aryl methyl sites for hydroxylation is 2. The van der Waals surface area contributed by atoms with Crippen molar-refractivity contribution in [1.82, 2.24) is 20.4 Å². The first kappa shape index (κ1) is 34.6. The highest BCUT2D eigenvalue weighted by Gasteiger charge is 2.40. The average molecular weight is 696 g/mol. The number of nitrogens with two attached hydrogens (primary N) is 1. The van der Waals surface area contributed by atoms with Gasteiger partial charge in [0, 0.05) is 65.4 Å². The summed E-state index contributed by atoms with van der Waals surface area (Å²) in [6.45, 7) is 6.41. The summed E-state index contributed by atoms with van der Waals surface area (Å²) in [6, 6.07) is 15.5. The van der Waals surface area contributed by atoms with Gasteiger partial charge in [0.2, 0.25) is 17.7 Å². The number of hydrogen-bond donors (Lipinski definition) is 3. The fourth-order valence-corrected chi connectivity index (χ4v) is 7.02. The summed E-state index contributed by atoms with van der Waals surface area (Å²) < 4.78 is 0. The van der Waals surface area contributed by atoms with Gasteiger partial charge in [-0.25, -0.2) is 0 Å². The van der Waals surface area contributed by atoms with E-state index >= 15 is 0 Å². The van der Waals surface area contributed by atoms with E-state index in [-0.39, 0.29) is 35.8 Å². The van der Waals surface area contributed by atoms with Gasteiger partial charge in [0.05, 0.1) is 0 Å². The molecule has 0 aromatic heterocycles. The lowest BCUT2D eigenvalue weighted by molar-refractivity contribution is -0.137. The van der Waals surface area contributed by atoms with Gasteiger partial charge in [-0.2, -0.15) is 0 Å². The molecule has 258 valence electrons. The zero-order valence-corrected chi connectivity index (χ0v) is 28.5. The summed E-state index contributed by atoms with van der Waals surface area (Å²) in [5.74, 6) is -1.05. The molecular weight excluding hydrogens is 658 g/mol. The SMILES string of the molecule is C=C1CCC(N2Cc3c(N)cccc3C2=O)C(=O)N1.Cc1ccc(CC(=O)CCc2ccc3c(c2)CN(C2CCC(=O)NC2=O)C3=O)cc1Cl. The van der Waals surface area contributed by atoms with Crippen LogP contribution >= 0.6 is 11.6 Å². The van der Waals surface area contributed by atoms with Crippen LogP contribution in [0.15, 0.2) is 66.9 Å². The number of anilines is 1. The molecule has 12 heteroatoms. The first-order chi connectivity index (χ1) is 23.9. The molecule has 0 bridgehead atoms. The maximum Gasteiger partial charge on any atom is 0.255 e. The number of nitrogens with one attached hydrogen (secondary N) is 2. The second-order valence-corrected chi connectivity index (χ2v) is 13.6. The fourth-order valence-electron chi connectivity index (χ4n) is 6.82.